The molecule has 126 valence electrons. The number of hydrogen-bond acceptors (Lipinski definition) is 6. The summed E-state index contributed by atoms with van der Waals surface area (Å²) < 4.78 is 14.3. The Labute approximate surface area is 151 Å². The van der Waals surface area contributed by atoms with Crippen LogP contribution in [-0.4, -0.2) is 34.4 Å². The standard InChI is InChI=1S/C15H14BrClFN5O/c16-11-6-10(17)5-9(13(11)24)7-20-22-15-19-8-12(18)14(21-15)23-3-1-2-4-23/h5-8,24H,1-4H2,(H,19,21,22). The van der Waals surface area contributed by atoms with Gasteiger partial charge in [0.15, 0.2) is 11.6 Å². The molecule has 9 heteroatoms. The van der Waals surface area contributed by atoms with Gasteiger partial charge < -0.3 is 10.0 Å². The molecule has 0 bridgehead atoms. The lowest BCUT2D eigenvalue weighted by molar-refractivity contribution is 0.471. The van der Waals surface area contributed by atoms with E-state index in [0.29, 0.717) is 15.1 Å². The Kier molecular flexibility index (Phi) is 5.15. The number of hydrazone groups is 1. The van der Waals surface area contributed by atoms with Gasteiger partial charge >= 0.3 is 0 Å². The third kappa shape index (κ3) is 3.76. The summed E-state index contributed by atoms with van der Waals surface area (Å²) in [5.41, 5.74) is 3.05. The molecule has 0 aliphatic carbocycles. The van der Waals surface area contributed by atoms with Gasteiger partial charge in [-0.05, 0) is 40.9 Å². The van der Waals surface area contributed by atoms with Crippen molar-refractivity contribution in [1.82, 2.24) is 9.97 Å². The minimum absolute atomic E-state index is 0.0164. The molecule has 1 aromatic heterocycles. The molecule has 2 heterocycles. The van der Waals surface area contributed by atoms with Crippen LogP contribution in [0.5, 0.6) is 5.75 Å². The number of anilines is 2. The molecule has 0 amide bonds. The SMILES string of the molecule is Oc1c(Br)cc(Cl)cc1C=NNc1ncc(F)c(N2CCCC2)n1. The average molecular weight is 415 g/mol. The van der Waals surface area contributed by atoms with Crippen LogP contribution < -0.4 is 10.3 Å². The number of halogens is 3. The van der Waals surface area contributed by atoms with Gasteiger partial charge in [0, 0.05) is 23.7 Å². The second kappa shape index (κ2) is 7.31. The first-order chi connectivity index (χ1) is 11.5. The van der Waals surface area contributed by atoms with Crippen molar-refractivity contribution in [2.45, 2.75) is 12.8 Å². The smallest absolute Gasteiger partial charge is 0.245 e. The molecule has 3 rings (SSSR count). The lowest BCUT2D eigenvalue weighted by Gasteiger charge is -2.16. The lowest BCUT2D eigenvalue weighted by Crippen LogP contribution is -2.21. The van der Waals surface area contributed by atoms with Crippen LogP contribution in [0.1, 0.15) is 18.4 Å². The first kappa shape index (κ1) is 16.9. The Balaban J connectivity index is 1.76. The second-order valence-electron chi connectivity index (χ2n) is 5.25. The van der Waals surface area contributed by atoms with Gasteiger partial charge in [0.25, 0.3) is 0 Å². The fourth-order valence-electron chi connectivity index (χ4n) is 2.41. The molecule has 24 heavy (non-hydrogen) atoms. The van der Waals surface area contributed by atoms with Crippen LogP contribution in [-0.2, 0) is 0 Å². The molecule has 0 atom stereocenters. The quantitative estimate of drug-likeness (QED) is 0.588. The van der Waals surface area contributed by atoms with Gasteiger partial charge in [0.2, 0.25) is 5.95 Å². The van der Waals surface area contributed by atoms with Gasteiger partial charge in [-0.2, -0.15) is 10.1 Å². The third-order valence-electron chi connectivity index (χ3n) is 3.56. The molecule has 6 nitrogen and oxygen atoms in total. The van der Waals surface area contributed by atoms with Crippen LogP contribution in [0.3, 0.4) is 0 Å². The Morgan fingerprint density at radius 1 is 1.38 bits per heavy atom. The molecule has 1 saturated heterocycles. The number of phenolic OH excluding ortho intramolecular Hbond substituents is 1. The van der Waals surface area contributed by atoms with Crippen LogP contribution in [0.2, 0.25) is 5.02 Å². The number of rotatable bonds is 4. The van der Waals surface area contributed by atoms with Crippen LogP contribution in [0.15, 0.2) is 27.9 Å². The Bertz CT molecular complexity index is 783. The van der Waals surface area contributed by atoms with E-state index in [1.54, 1.807) is 12.1 Å². The first-order valence-corrected chi connectivity index (χ1v) is 8.46. The summed E-state index contributed by atoms with van der Waals surface area (Å²) in [5.74, 6) is 0.00857. The largest absolute Gasteiger partial charge is 0.506 e. The van der Waals surface area contributed by atoms with Crippen molar-refractivity contribution < 1.29 is 9.50 Å². The topological polar surface area (TPSA) is 73.6 Å². The summed E-state index contributed by atoms with van der Waals surface area (Å²) in [4.78, 5) is 9.90. The number of aromatic hydroxyl groups is 1. The zero-order chi connectivity index (χ0) is 17.1. The fraction of sp³-hybridized carbons (Fsp3) is 0.267. The average Bonchev–Trinajstić information content (AvgIpc) is 3.07. The zero-order valence-corrected chi connectivity index (χ0v) is 14.8. The van der Waals surface area contributed by atoms with Gasteiger partial charge in [-0.25, -0.2) is 14.8 Å². The van der Waals surface area contributed by atoms with E-state index in [4.69, 9.17) is 11.6 Å². The molecule has 1 aromatic carbocycles. The van der Waals surface area contributed by atoms with E-state index < -0.39 is 5.82 Å². The maximum Gasteiger partial charge on any atom is 0.245 e. The predicted molar refractivity (Wildman–Crippen MR) is 95.5 cm³/mol. The Morgan fingerprint density at radius 3 is 2.88 bits per heavy atom. The van der Waals surface area contributed by atoms with Crippen molar-refractivity contribution in [3.05, 3.63) is 39.2 Å². The summed E-state index contributed by atoms with van der Waals surface area (Å²) in [7, 11) is 0. The van der Waals surface area contributed by atoms with E-state index in [-0.39, 0.29) is 17.5 Å². The molecule has 2 N–H and O–H groups in total. The van der Waals surface area contributed by atoms with E-state index in [2.05, 4.69) is 36.4 Å². The van der Waals surface area contributed by atoms with E-state index in [0.717, 1.165) is 32.1 Å². The third-order valence-corrected chi connectivity index (χ3v) is 4.38. The molecule has 0 radical (unpaired) electrons. The normalized spacial score (nSPS) is 14.5. The number of hydrogen-bond donors (Lipinski definition) is 2. The number of benzene rings is 1. The number of nitrogens with zero attached hydrogens (tertiary/aromatic N) is 4. The molecular formula is C15H14BrClFN5O. The molecule has 0 spiro atoms. The van der Waals surface area contributed by atoms with Crippen molar-refractivity contribution in [2.24, 2.45) is 5.10 Å². The number of phenols is 1. The van der Waals surface area contributed by atoms with Crippen molar-refractivity contribution in [2.75, 3.05) is 23.4 Å². The predicted octanol–water partition coefficient (Wildman–Crippen LogP) is 3.78. The fourth-order valence-corrected chi connectivity index (χ4v) is 3.24. The molecule has 2 aromatic rings. The van der Waals surface area contributed by atoms with Gasteiger partial charge in [-0.15, -0.1) is 0 Å². The van der Waals surface area contributed by atoms with Crippen molar-refractivity contribution in [3.63, 3.8) is 0 Å². The van der Waals surface area contributed by atoms with Gasteiger partial charge in [0.05, 0.1) is 16.9 Å². The number of nitrogens with one attached hydrogen (secondary N) is 1. The van der Waals surface area contributed by atoms with Gasteiger partial charge in [0.1, 0.15) is 5.75 Å². The molecule has 1 fully saturated rings. The molecular weight excluding hydrogens is 401 g/mol. The molecule has 1 aliphatic heterocycles. The maximum absolute atomic E-state index is 13.9. The summed E-state index contributed by atoms with van der Waals surface area (Å²) in [5, 5.41) is 14.4. The molecule has 1 aliphatic rings. The monoisotopic (exact) mass is 413 g/mol. The number of aromatic nitrogens is 2. The minimum atomic E-state index is -0.456. The van der Waals surface area contributed by atoms with Gasteiger partial charge in [-0.3, -0.25) is 0 Å². The Hall–Kier alpha value is -1.93. The highest BCUT2D eigenvalue weighted by molar-refractivity contribution is 9.10. The summed E-state index contributed by atoms with van der Waals surface area (Å²) >= 11 is 9.13. The second-order valence-corrected chi connectivity index (χ2v) is 6.55. The Morgan fingerprint density at radius 2 is 2.12 bits per heavy atom. The van der Waals surface area contributed by atoms with Crippen LogP contribution >= 0.6 is 27.5 Å². The zero-order valence-electron chi connectivity index (χ0n) is 12.5. The maximum atomic E-state index is 13.9. The summed E-state index contributed by atoms with van der Waals surface area (Å²) in [6, 6.07) is 3.14. The van der Waals surface area contributed by atoms with E-state index >= 15 is 0 Å². The van der Waals surface area contributed by atoms with Gasteiger partial charge in [-0.1, -0.05) is 11.6 Å². The van der Waals surface area contributed by atoms with E-state index in [1.165, 1.54) is 6.21 Å². The molecule has 0 saturated carbocycles. The van der Waals surface area contributed by atoms with Crippen LogP contribution in [0.25, 0.3) is 0 Å². The van der Waals surface area contributed by atoms with Crippen molar-refractivity contribution in [1.29, 1.82) is 0 Å². The van der Waals surface area contributed by atoms with Crippen LogP contribution in [0, 0.1) is 5.82 Å². The highest BCUT2D eigenvalue weighted by Gasteiger charge is 2.18. The van der Waals surface area contributed by atoms with E-state index in [1.807, 2.05) is 4.90 Å². The van der Waals surface area contributed by atoms with Crippen LogP contribution in [0.4, 0.5) is 16.2 Å². The first-order valence-electron chi connectivity index (χ1n) is 7.29. The van der Waals surface area contributed by atoms with E-state index in [9.17, 15) is 9.50 Å². The minimum Gasteiger partial charge on any atom is -0.506 e. The van der Waals surface area contributed by atoms with Crippen molar-refractivity contribution >= 4 is 45.5 Å². The lowest BCUT2D eigenvalue weighted by atomic mass is 10.2. The highest BCUT2D eigenvalue weighted by Crippen LogP contribution is 2.30. The van der Waals surface area contributed by atoms with Crippen molar-refractivity contribution in [3.8, 4) is 5.75 Å². The summed E-state index contributed by atoms with van der Waals surface area (Å²) in [6.07, 6.45) is 4.54. The summed E-state index contributed by atoms with van der Waals surface area (Å²) in [6.45, 7) is 1.56. The highest BCUT2D eigenvalue weighted by atomic mass is 79.9. The molecule has 0 unspecified atom stereocenters.